The molecule has 0 fully saturated rings. The smallest absolute Gasteiger partial charge is 0.382 e. The molecule has 1 N–H and O–H groups in total. The summed E-state index contributed by atoms with van der Waals surface area (Å²) >= 11 is 12.0. The van der Waals surface area contributed by atoms with Crippen LogP contribution in [0.25, 0.3) is 17.1 Å². The molecule has 0 aliphatic heterocycles. The molecule has 0 amide bonds. The van der Waals surface area contributed by atoms with E-state index in [4.69, 9.17) is 23.2 Å². The zero-order valence-electron chi connectivity index (χ0n) is 16.6. The minimum absolute atomic E-state index is 0.0570. The highest BCUT2D eigenvalue weighted by Gasteiger charge is 2.39. The fraction of sp³-hybridized carbons (Fsp3) is 0.200. The van der Waals surface area contributed by atoms with E-state index in [9.17, 15) is 23.1 Å². The van der Waals surface area contributed by atoms with Crippen LogP contribution in [0.5, 0.6) is 0 Å². The van der Waals surface area contributed by atoms with Crippen LogP contribution in [-0.2, 0) is 13.1 Å². The Morgan fingerprint density at radius 1 is 1.06 bits per heavy atom. The molecular formula is C20H15Cl2F3N6O2. The van der Waals surface area contributed by atoms with Crippen molar-refractivity contribution in [3.8, 4) is 17.1 Å². The number of rotatable bonds is 6. The van der Waals surface area contributed by atoms with Crippen LogP contribution in [0.2, 0.25) is 10.0 Å². The first-order valence-corrected chi connectivity index (χ1v) is 10.2. The van der Waals surface area contributed by atoms with Gasteiger partial charge in [0.1, 0.15) is 5.69 Å². The zero-order valence-corrected chi connectivity index (χ0v) is 18.1. The molecule has 33 heavy (non-hydrogen) atoms. The highest BCUT2D eigenvalue weighted by atomic mass is 35.5. The highest BCUT2D eigenvalue weighted by Crippen LogP contribution is 2.24. The molecule has 0 saturated carbocycles. The maximum atomic E-state index is 13.0. The first kappa shape index (κ1) is 23.0. The van der Waals surface area contributed by atoms with E-state index in [1.807, 2.05) is 0 Å². The Hall–Kier alpha value is -3.15. The van der Waals surface area contributed by atoms with Gasteiger partial charge in [-0.2, -0.15) is 13.2 Å². The van der Waals surface area contributed by atoms with Gasteiger partial charge in [-0.15, -0.1) is 10.2 Å². The summed E-state index contributed by atoms with van der Waals surface area (Å²) in [6, 6.07) is 13.0. The van der Waals surface area contributed by atoms with Crippen LogP contribution in [-0.4, -0.2) is 46.7 Å². The normalized spacial score (nSPS) is 12.8. The van der Waals surface area contributed by atoms with Crippen molar-refractivity contribution in [1.29, 1.82) is 0 Å². The lowest BCUT2D eigenvalue weighted by Crippen LogP contribution is -2.37. The van der Waals surface area contributed by atoms with E-state index in [0.717, 1.165) is 9.25 Å². The lowest BCUT2D eigenvalue weighted by Gasteiger charge is -2.15. The van der Waals surface area contributed by atoms with E-state index >= 15 is 0 Å². The number of hydrogen-bond acceptors (Lipinski definition) is 5. The van der Waals surface area contributed by atoms with E-state index in [1.54, 1.807) is 24.3 Å². The summed E-state index contributed by atoms with van der Waals surface area (Å²) in [7, 11) is 0. The number of hydrogen-bond donors (Lipinski definition) is 1. The molecule has 2 aromatic heterocycles. The Balaban J connectivity index is 1.71. The van der Waals surface area contributed by atoms with Gasteiger partial charge in [0.05, 0.1) is 30.0 Å². The summed E-state index contributed by atoms with van der Waals surface area (Å²) in [6.07, 6.45) is -6.13. The molecule has 0 spiro atoms. The molecule has 0 aliphatic carbocycles. The van der Waals surface area contributed by atoms with Gasteiger partial charge in [0.2, 0.25) is 0 Å². The first-order chi connectivity index (χ1) is 15.6. The lowest BCUT2D eigenvalue weighted by molar-refractivity contribution is -0.207. The minimum Gasteiger partial charge on any atom is -0.382 e. The molecule has 2 aromatic carbocycles. The Labute approximate surface area is 194 Å². The number of aromatic nitrogens is 6. The molecule has 8 nitrogen and oxygen atoms in total. The number of alkyl halides is 3. The molecule has 13 heteroatoms. The Morgan fingerprint density at radius 3 is 2.42 bits per heavy atom. The van der Waals surface area contributed by atoms with Gasteiger partial charge in [-0.3, -0.25) is 4.57 Å². The molecule has 0 saturated heterocycles. The van der Waals surface area contributed by atoms with Gasteiger partial charge in [0, 0.05) is 10.6 Å². The predicted octanol–water partition coefficient (Wildman–Crippen LogP) is 3.57. The summed E-state index contributed by atoms with van der Waals surface area (Å²) in [5, 5.41) is 22.5. The van der Waals surface area contributed by atoms with Crippen LogP contribution in [0.15, 0.2) is 59.5 Å². The monoisotopic (exact) mass is 498 g/mol. The third-order valence-electron chi connectivity index (χ3n) is 4.71. The summed E-state index contributed by atoms with van der Waals surface area (Å²) in [5.74, 6) is -0.0570. The predicted molar refractivity (Wildman–Crippen MR) is 114 cm³/mol. The number of aliphatic hydroxyl groups is 1. The van der Waals surface area contributed by atoms with Crippen LogP contribution in [0, 0.1) is 0 Å². The topological polar surface area (TPSA) is 90.8 Å². The molecule has 4 rings (SSSR count). The van der Waals surface area contributed by atoms with Crippen LogP contribution < -0.4 is 5.69 Å². The maximum absolute atomic E-state index is 13.0. The maximum Gasteiger partial charge on any atom is 0.416 e. The van der Waals surface area contributed by atoms with Gasteiger partial charge in [0.25, 0.3) is 0 Å². The third-order valence-corrected chi connectivity index (χ3v) is 5.28. The summed E-state index contributed by atoms with van der Waals surface area (Å²) in [6.45, 7) is -1.19. The van der Waals surface area contributed by atoms with Gasteiger partial charge >= 0.3 is 11.9 Å². The minimum atomic E-state index is -4.91. The van der Waals surface area contributed by atoms with Crippen molar-refractivity contribution in [3.63, 3.8) is 0 Å². The molecule has 0 radical (unpaired) electrons. The first-order valence-electron chi connectivity index (χ1n) is 9.48. The van der Waals surface area contributed by atoms with Crippen molar-refractivity contribution in [2.24, 2.45) is 0 Å². The average molecular weight is 499 g/mol. The molecule has 0 unspecified atom stereocenters. The van der Waals surface area contributed by atoms with Gasteiger partial charge in [-0.25, -0.2) is 14.2 Å². The van der Waals surface area contributed by atoms with Crippen LogP contribution >= 0.6 is 23.2 Å². The number of para-hydroxylation sites is 1. The van der Waals surface area contributed by atoms with Crippen molar-refractivity contribution in [3.05, 3.63) is 81.0 Å². The number of aliphatic hydroxyl groups excluding tert-OH is 1. The summed E-state index contributed by atoms with van der Waals surface area (Å²) in [4.78, 5) is 12.9. The van der Waals surface area contributed by atoms with Crippen molar-refractivity contribution < 1.29 is 18.3 Å². The standard InChI is InChI=1S/C20H15Cl2F3N6O2/c21-13-7-5-12(6-8-13)18-27-31(19(33)29(18)11-17(32)20(23,24)25)10-14-9-30(28-26-14)16-4-2-1-3-15(16)22/h1-9,17,32H,10-11H2/t17-/m1/s1. The second-order valence-corrected chi connectivity index (χ2v) is 7.89. The molecule has 0 aliphatic rings. The van der Waals surface area contributed by atoms with E-state index < -0.39 is 24.5 Å². The van der Waals surface area contributed by atoms with Crippen LogP contribution in [0.1, 0.15) is 5.69 Å². The highest BCUT2D eigenvalue weighted by molar-refractivity contribution is 6.32. The van der Waals surface area contributed by atoms with Crippen LogP contribution in [0.4, 0.5) is 13.2 Å². The molecular weight excluding hydrogens is 484 g/mol. The second kappa shape index (κ2) is 9.00. The van der Waals surface area contributed by atoms with Crippen molar-refractivity contribution in [1.82, 2.24) is 29.3 Å². The molecule has 1 atom stereocenters. The Morgan fingerprint density at radius 2 is 1.76 bits per heavy atom. The summed E-state index contributed by atoms with van der Waals surface area (Å²) in [5.41, 5.74) is 0.381. The van der Waals surface area contributed by atoms with E-state index in [1.165, 1.54) is 35.1 Å². The Kier molecular flexibility index (Phi) is 6.28. The zero-order chi connectivity index (χ0) is 23.8. The van der Waals surface area contributed by atoms with Crippen LogP contribution in [0.3, 0.4) is 0 Å². The molecule has 172 valence electrons. The van der Waals surface area contributed by atoms with Crippen molar-refractivity contribution >= 4 is 23.2 Å². The lowest BCUT2D eigenvalue weighted by atomic mass is 10.2. The van der Waals surface area contributed by atoms with E-state index in [-0.39, 0.29) is 12.4 Å². The largest absolute Gasteiger partial charge is 0.416 e. The van der Waals surface area contributed by atoms with Gasteiger partial charge in [0.15, 0.2) is 11.9 Å². The number of benzene rings is 2. The molecule has 0 bridgehead atoms. The summed E-state index contributed by atoms with van der Waals surface area (Å²) < 4.78 is 42.0. The van der Waals surface area contributed by atoms with Gasteiger partial charge in [-0.1, -0.05) is 40.5 Å². The SMILES string of the molecule is O=c1n(Cc2cn(-c3ccccc3Cl)nn2)nc(-c2ccc(Cl)cc2)n1C[C@@H](O)C(F)(F)F. The van der Waals surface area contributed by atoms with Crippen molar-refractivity contribution in [2.75, 3.05) is 0 Å². The van der Waals surface area contributed by atoms with Gasteiger partial charge in [-0.05, 0) is 36.4 Å². The van der Waals surface area contributed by atoms with E-state index in [2.05, 4.69) is 15.4 Å². The third kappa shape index (κ3) is 4.95. The molecule has 4 aromatic rings. The fourth-order valence-corrected chi connectivity index (χ4v) is 3.43. The number of halogens is 5. The molecule has 2 heterocycles. The van der Waals surface area contributed by atoms with E-state index in [0.29, 0.717) is 27.0 Å². The average Bonchev–Trinajstić information content (AvgIpc) is 3.34. The van der Waals surface area contributed by atoms with Gasteiger partial charge < -0.3 is 5.11 Å². The number of nitrogens with zero attached hydrogens (tertiary/aromatic N) is 6. The fourth-order valence-electron chi connectivity index (χ4n) is 3.08. The Bertz CT molecular complexity index is 1330. The second-order valence-electron chi connectivity index (χ2n) is 7.04. The van der Waals surface area contributed by atoms with Crippen molar-refractivity contribution in [2.45, 2.75) is 25.4 Å². The quantitative estimate of drug-likeness (QED) is 0.438.